The molecule has 2 heterocycles. The highest BCUT2D eigenvalue weighted by atomic mass is 16.5. The van der Waals surface area contributed by atoms with Gasteiger partial charge in [-0.2, -0.15) is 0 Å². The molecular weight excluding hydrogens is 308 g/mol. The maximum absolute atomic E-state index is 12.7. The Kier molecular flexibility index (Phi) is 3.03. The average molecular weight is 324 g/mol. The van der Waals surface area contributed by atoms with Crippen LogP contribution in [0.5, 0.6) is 5.75 Å². The number of carbonyl (C=O) groups excluding carboxylic acids is 1. The number of aromatic carboxylic acids is 1. The van der Waals surface area contributed by atoms with Gasteiger partial charge in [-0.1, -0.05) is 24.3 Å². The zero-order chi connectivity index (χ0) is 16.9. The number of benzene rings is 2. The predicted molar refractivity (Wildman–Crippen MR) is 87.2 cm³/mol. The van der Waals surface area contributed by atoms with Crippen molar-refractivity contribution in [1.29, 1.82) is 0 Å². The number of urea groups is 1. The molecule has 0 aromatic heterocycles. The molecule has 6 heteroatoms. The number of nitrogens with zero attached hydrogens (tertiary/aromatic N) is 1. The minimum absolute atomic E-state index is 0.119. The number of ether oxygens (including phenoxy) is 1. The fourth-order valence-electron chi connectivity index (χ4n) is 3.49. The van der Waals surface area contributed by atoms with E-state index in [1.165, 1.54) is 17.0 Å². The number of fused-ring (bicyclic) bond motifs is 4. The first-order valence-corrected chi connectivity index (χ1v) is 7.70. The van der Waals surface area contributed by atoms with E-state index in [9.17, 15) is 14.7 Å². The molecule has 2 aromatic carbocycles. The second kappa shape index (κ2) is 4.99. The van der Waals surface area contributed by atoms with E-state index in [2.05, 4.69) is 5.32 Å². The van der Waals surface area contributed by atoms with E-state index in [0.717, 1.165) is 11.3 Å². The molecular formula is C18H16N2O4. The number of hydrogen-bond acceptors (Lipinski definition) is 3. The van der Waals surface area contributed by atoms with Crippen LogP contribution in [0.2, 0.25) is 0 Å². The summed E-state index contributed by atoms with van der Waals surface area (Å²) in [5, 5.41) is 12.2. The van der Waals surface area contributed by atoms with E-state index in [1.54, 1.807) is 12.1 Å². The molecule has 1 fully saturated rings. The Hall–Kier alpha value is -3.02. The van der Waals surface area contributed by atoms with Gasteiger partial charge in [0.15, 0.2) is 5.72 Å². The molecule has 2 aromatic rings. The van der Waals surface area contributed by atoms with Gasteiger partial charge in [-0.3, -0.25) is 4.90 Å². The van der Waals surface area contributed by atoms with Gasteiger partial charge in [0.05, 0.1) is 17.3 Å². The van der Waals surface area contributed by atoms with Crippen molar-refractivity contribution < 1.29 is 19.4 Å². The maximum Gasteiger partial charge on any atom is 0.335 e. The Labute approximate surface area is 138 Å². The van der Waals surface area contributed by atoms with Crippen LogP contribution >= 0.6 is 0 Å². The number of para-hydroxylation sites is 1. The van der Waals surface area contributed by atoms with Gasteiger partial charge in [-0.05, 0) is 31.2 Å². The molecule has 2 aliphatic heterocycles. The fraction of sp³-hybridized carbons (Fsp3) is 0.222. The summed E-state index contributed by atoms with van der Waals surface area (Å²) in [6, 6.07) is 13.5. The smallest absolute Gasteiger partial charge is 0.335 e. The Bertz CT molecular complexity index is 850. The lowest BCUT2D eigenvalue weighted by molar-refractivity contribution is 0.0378. The van der Waals surface area contributed by atoms with Gasteiger partial charge in [0.2, 0.25) is 0 Å². The normalized spacial score (nSPS) is 24.6. The van der Waals surface area contributed by atoms with Gasteiger partial charge in [-0.15, -0.1) is 0 Å². The van der Waals surface area contributed by atoms with Crippen molar-refractivity contribution in [3.05, 3.63) is 59.7 Å². The van der Waals surface area contributed by atoms with Crippen molar-refractivity contribution in [3.8, 4) is 5.75 Å². The molecule has 1 saturated heterocycles. The van der Waals surface area contributed by atoms with Crippen LogP contribution in [0.4, 0.5) is 10.5 Å². The molecule has 2 aliphatic rings. The van der Waals surface area contributed by atoms with Gasteiger partial charge in [-0.25, -0.2) is 9.59 Å². The Morgan fingerprint density at radius 1 is 1.29 bits per heavy atom. The summed E-state index contributed by atoms with van der Waals surface area (Å²) in [6.45, 7) is 1.85. The molecule has 4 rings (SSSR count). The van der Waals surface area contributed by atoms with E-state index < -0.39 is 11.7 Å². The van der Waals surface area contributed by atoms with E-state index in [1.807, 2.05) is 31.2 Å². The van der Waals surface area contributed by atoms with Gasteiger partial charge in [0.25, 0.3) is 0 Å². The monoisotopic (exact) mass is 324 g/mol. The molecule has 2 atom stereocenters. The summed E-state index contributed by atoms with van der Waals surface area (Å²) in [5.41, 5.74) is 0.704. The van der Waals surface area contributed by atoms with Gasteiger partial charge >= 0.3 is 12.0 Å². The van der Waals surface area contributed by atoms with Crippen molar-refractivity contribution in [3.63, 3.8) is 0 Å². The first-order chi connectivity index (χ1) is 11.5. The summed E-state index contributed by atoms with van der Waals surface area (Å²) in [4.78, 5) is 25.4. The third-order valence-electron chi connectivity index (χ3n) is 4.53. The van der Waals surface area contributed by atoms with Crippen LogP contribution in [0, 0.1) is 0 Å². The number of rotatable bonds is 2. The first-order valence-electron chi connectivity index (χ1n) is 7.70. The lowest BCUT2D eigenvalue weighted by Crippen LogP contribution is -2.65. The van der Waals surface area contributed by atoms with Crippen molar-refractivity contribution in [2.75, 3.05) is 4.90 Å². The third kappa shape index (κ3) is 2.11. The SMILES string of the molecule is C[C@@]12C[C@@H](NC(=O)N1c1cccc(C(=O)O)c1)c1ccccc1O2. The highest BCUT2D eigenvalue weighted by molar-refractivity contribution is 5.97. The van der Waals surface area contributed by atoms with Gasteiger partial charge in [0, 0.05) is 12.0 Å². The average Bonchev–Trinajstić information content (AvgIpc) is 2.54. The molecule has 2 N–H and O–H groups in total. The fourth-order valence-corrected chi connectivity index (χ4v) is 3.49. The van der Waals surface area contributed by atoms with E-state index >= 15 is 0 Å². The minimum Gasteiger partial charge on any atom is -0.478 e. The minimum atomic E-state index is -1.03. The number of hydrogen-bond donors (Lipinski definition) is 2. The van der Waals surface area contributed by atoms with Gasteiger partial charge in [0.1, 0.15) is 5.75 Å². The van der Waals surface area contributed by atoms with Crippen LogP contribution in [0.25, 0.3) is 0 Å². The molecule has 24 heavy (non-hydrogen) atoms. The molecule has 0 aliphatic carbocycles. The second-order valence-electron chi connectivity index (χ2n) is 6.21. The third-order valence-corrected chi connectivity index (χ3v) is 4.53. The zero-order valence-electron chi connectivity index (χ0n) is 13.0. The largest absolute Gasteiger partial charge is 0.478 e. The molecule has 122 valence electrons. The number of carbonyl (C=O) groups is 2. The van der Waals surface area contributed by atoms with Crippen molar-refractivity contribution >= 4 is 17.7 Å². The highest BCUT2D eigenvalue weighted by Crippen LogP contribution is 2.45. The summed E-state index contributed by atoms with van der Waals surface area (Å²) >= 11 is 0. The van der Waals surface area contributed by atoms with Crippen LogP contribution < -0.4 is 15.0 Å². The number of carboxylic acids is 1. The molecule has 6 nitrogen and oxygen atoms in total. The highest BCUT2D eigenvalue weighted by Gasteiger charge is 2.49. The van der Waals surface area contributed by atoms with Crippen molar-refractivity contribution in [1.82, 2.24) is 5.32 Å². The van der Waals surface area contributed by atoms with Crippen molar-refractivity contribution in [2.24, 2.45) is 0 Å². The lowest BCUT2D eigenvalue weighted by Gasteiger charge is -2.50. The lowest BCUT2D eigenvalue weighted by atomic mass is 9.90. The van der Waals surface area contributed by atoms with Crippen LogP contribution in [0.15, 0.2) is 48.5 Å². The molecule has 0 unspecified atom stereocenters. The number of amides is 2. The summed E-state index contributed by atoms with van der Waals surface area (Å²) < 4.78 is 6.15. The topological polar surface area (TPSA) is 78.9 Å². The van der Waals surface area contributed by atoms with Crippen LogP contribution in [0.3, 0.4) is 0 Å². The van der Waals surface area contributed by atoms with Crippen molar-refractivity contribution in [2.45, 2.75) is 25.1 Å². The Balaban J connectivity index is 1.79. The zero-order valence-corrected chi connectivity index (χ0v) is 13.0. The quantitative estimate of drug-likeness (QED) is 0.889. The summed E-state index contributed by atoms with van der Waals surface area (Å²) in [5.74, 6) is -0.303. The molecule has 0 spiro atoms. The van der Waals surface area contributed by atoms with Crippen LogP contribution in [0.1, 0.15) is 35.3 Å². The summed E-state index contributed by atoms with van der Waals surface area (Å²) in [6.07, 6.45) is 0.576. The molecule has 0 saturated carbocycles. The standard InChI is InChI=1S/C18H16N2O4/c1-18-10-14(13-7-2-3-8-15(13)24-18)19-17(23)20(18)12-6-4-5-11(9-12)16(21)22/h2-9,14H,10H2,1H3,(H,19,23)(H,21,22)/t14-,18-/m1/s1. The molecule has 0 radical (unpaired) electrons. The number of nitrogens with one attached hydrogen (secondary N) is 1. The maximum atomic E-state index is 12.7. The number of carboxylic acid groups (broad SMARTS) is 1. The summed E-state index contributed by atoms with van der Waals surface area (Å²) in [7, 11) is 0. The molecule has 2 bridgehead atoms. The van der Waals surface area contributed by atoms with Crippen LogP contribution in [-0.2, 0) is 0 Å². The number of anilines is 1. The van der Waals surface area contributed by atoms with Crippen LogP contribution in [-0.4, -0.2) is 22.8 Å². The second-order valence-corrected chi connectivity index (χ2v) is 6.21. The molecule has 2 amide bonds. The van der Waals surface area contributed by atoms with E-state index in [4.69, 9.17) is 4.74 Å². The van der Waals surface area contributed by atoms with Gasteiger partial charge < -0.3 is 15.2 Å². The Morgan fingerprint density at radius 3 is 2.88 bits per heavy atom. The van der Waals surface area contributed by atoms with E-state index in [0.29, 0.717) is 12.1 Å². The predicted octanol–water partition coefficient (Wildman–Crippen LogP) is 3.15. The first kappa shape index (κ1) is 14.6. The Morgan fingerprint density at radius 2 is 2.08 bits per heavy atom. The van der Waals surface area contributed by atoms with E-state index in [-0.39, 0.29) is 17.6 Å².